The number of hydrogen-bond donors (Lipinski definition) is 2. The maximum Gasteiger partial charge on any atom is 0.216 e. The normalized spacial score (nSPS) is 27.0. The molecule has 4 aromatic rings. The topological polar surface area (TPSA) is 73.8 Å². The summed E-state index contributed by atoms with van der Waals surface area (Å²) >= 11 is 6.36. The molecule has 11 heteroatoms. The van der Waals surface area contributed by atoms with E-state index in [0.717, 1.165) is 51.0 Å². The Morgan fingerprint density at radius 1 is 1.12 bits per heavy atom. The molecule has 6 heterocycles. The van der Waals surface area contributed by atoms with Crippen LogP contribution in [0.15, 0.2) is 36.5 Å². The minimum absolute atomic E-state index is 0.0583. The average molecular weight is 610 g/mol. The Labute approximate surface area is 251 Å². The van der Waals surface area contributed by atoms with Gasteiger partial charge in [0, 0.05) is 66.7 Å². The number of aromatic hydroxyl groups is 1. The molecule has 4 saturated heterocycles. The van der Waals surface area contributed by atoms with Gasteiger partial charge in [-0.3, -0.25) is 9.88 Å². The Morgan fingerprint density at radius 2 is 1.93 bits per heavy atom. The number of piperazine rings is 1. The Morgan fingerprint density at radius 3 is 2.74 bits per heavy atom. The molecule has 4 fully saturated rings. The van der Waals surface area contributed by atoms with E-state index in [9.17, 15) is 13.9 Å². The highest BCUT2D eigenvalue weighted by Gasteiger charge is 2.49. The lowest BCUT2D eigenvalue weighted by Gasteiger charge is -2.35. The van der Waals surface area contributed by atoms with E-state index in [2.05, 4.69) is 25.1 Å². The molecule has 0 saturated carbocycles. The standard InChI is InChI=1S/C32H31ClF3N5O2/c33-28-24(35)5-2-17-8-21(42)9-22(27(17)28)30-29(36)31-23(12-37-30)25(40-14-19-3-4-20(15-40)38-19)10-26(39-31)43-16-32-6-1-7-41(32)13-18(34)11-32/h2,5,8-10,12,18-20,38,42H,1,3-4,6-7,11,13-16H2/t18-,19-,20+,32+/m1/s1. The predicted molar refractivity (Wildman–Crippen MR) is 160 cm³/mol. The van der Waals surface area contributed by atoms with Gasteiger partial charge in [-0.1, -0.05) is 17.7 Å². The van der Waals surface area contributed by atoms with Gasteiger partial charge in [-0.2, -0.15) is 0 Å². The number of phenolic OH excluding ortho intramolecular Hbond substituents is 1. The van der Waals surface area contributed by atoms with Gasteiger partial charge in [-0.05, 0) is 55.8 Å². The van der Waals surface area contributed by atoms with E-state index in [1.807, 2.05) is 6.07 Å². The summed E-state index contributed by atoms with van der Waals surface area (Å²) in [5.74, 6) is -1.25. The summed E-state index contributed by atoms with van der Waals surface area (Å²) < 4.78 is 51.9. The molecule has 43 heavy (non-hydrogen) atoms. The van der Waals surface area contributed by atoms with Crippen LogP contribution in [0.2, 0.25) is 5.02 Å². The first-order valence-electron chi connectivity index (χ1n) is 14.9. The van der Waals surface area contributed by atoms with Gasteiger partial charge < -0.3 is 20.1 Å². The Bertz CT molecular complexity index is 1760. The molecular formula is C32H31ClF3N5O2. The third-order valence-electron chi connectivity index (χ3n) is 9.81. The van der Waals surface area contributed by atoms with Crippen LogP contribution >= 0.6 is 11.6 Å². The maximum atomic E-state index is 16.7. The largest absolute Gasteiger partial charge is 0.508 e. The van der Waals surface area contributed by atoms with Crippen molar-refractivity contribution in [2.75, 3.05) is 37.7 Å². The highest BCUT2D eigenvalue weighted by Crippen LogP contribution is 2.43. The Balaban J connectivity index is 1.26. The summed E-state index contributed by atoms with van der Waals surface area (Å²) in [6.45, 7) is 3.03. The number of ether oxygens (including phenoxy) is 1. The van der Waals surface area contributed by atoms with Gasteiger partial charge in [-0.25, -0.2) is 18.2 Å². The number of aromatic nitrogens is 2. The quantitative estimate of drug-likeness (QED) is 0.288. The molecule has 4 atom stereocenters. The van der Waals surface area contributed by atoms with Crippen molar-refractivity contribution in [3.05, 3.63) is 53.2 Å². The third-order valence-corrected chi connectivity index (χ3v) is 10.2. The van der Waals surface area contributed by atoms with Crippen molar-refractivity contribution in [1.82, 2.24) is 20.2 Å². The second kappa shape index (κ2) is 10.1. The highest BCUT2D eigenvalue weighted by atomic mass is 35.5. The molecule has 0 aliphatic carbocycles. The summed E-state index contributed by atoms with van der Waals surface area (Å²) in [6, 6.07) is 7.99. The number of pyridine rings is 2. The number of halogens is 4. The van der Waals surface area contributed by atoms with E-state index in [1.165, 1.54) is 24.3 Å². The van der Waals surface area contributed by atoms with Crippen molar-refractivity contribution in [3.8, 4) is 22.9 Å². The fourth-order valence-corrected chi connectivity index (χ4v) is 8.13. The summed E-state index contributed by atoms with van der Waals surface area (Å²) in [7, 11) is 0. The van der Waals surface area contributed by atoms with E-state index in [4.69, 9.17) is 16.3 Å². The number of alkyl halides is 1. The number of nitrogens with one attached hydrogen (secondary N) is 1. The van der Waals surface area contributed by atoms with Crippen molar-refractivity contribution in [3.63, 3.8) is 0 Å². The zero-order valence-electron chi connectivity index (χ0n) is 23.4. The molecular weight excluding hydrogens is 579 g/mol. The third kappa shape index (κ3) is 4.48. The van der Waals surface area contributed by atoms with Crippen LogP contribution in [0.1, 0.15) is 32.1 Å². The molecule has 2 N–H and O–H groups in total. The first kappa shape index (κ1) is 27.2. The monoisotopic (exact) mass is 609 g/mol. The summed E-state index contributed by atoms with van der Waals surface area (Å²) in [5.41, 5.74) is 0.510. The van der Waals surface area contributed by atoms with Gasteiger partial charge >= 0.3 is 0 Å². The van der Waals surface area contributed by atoms with Gasteiger partial charge in [0.25, 0.3) is 0 Å². The number of hydrogen-bond acceptors (Lipinski definition) is 7. The van der Waals surface area contributed by atoms with E-state index in [0.29, 0.717) is 35.8 Å². The minimum atomic E-state index is -0.889. The molecule has 224 valence electrons. The maximum absolute atomic E-state index is 16.7. The lowest BCUT2D eigenvalue weighted by Crippen LogP contribution is -2.51. The van der Waals surface area contributed by atoms with Crippen molar-refractivity contribution in [2.24, 2.45) is 0 Å². The average Bonchev–Trinajstić information content (AvgIpc) is 3.63. The van der Waals surface area contributed by atoms with Gasteiger partial charge in [-0.15, -0.1) is 0 Å². The molecule has 0 radical (unpaired) electrons. The van der Waals surface area contributed by atoms with Crippen LogP contribution < -0.4 is 15.0 Å². The van der Waals surface area contributed by atoms with E-state index in [1.54, 1.807) is 6.20 Å². The van der Waals surface area contributed by atoms with Crippen LogP contribution in [0.3, 0.4) is 0 Å². The first-order valence-corrected chi connectivity index (χ1v) is 15.3. The van der Waals surface area contributed by atoms with Crippen LogP contribution in [0.25, 0.3) is 32.9 Å². The van der Waals surface area contributed by atoms with Crippen molar-refractivity contribution < 1.29 is 23.0 Å². The smallest absolute Gasteiger partial charge is 0.216 e. The lowest BCUT2D eigenvalue weighted by molar-refractivity contribution is 0.111. The van der Waals surface area contributed by atoms with Crippen molar-refractivity contribution in [1.29, 1.82) is 0 Å². The SMILES string of the molecule is Oc1cc(-c2ncc3c(N4C[C@H]5CC[C@@H](C4)N5)cc(OC[C@@]45CCCN4C[C@H](F)C5)nc3c2F)c2c(Cl)c(F)ccc2c1. The molecule has 4 aliphatic rings. The Hall–Kier alpha value is -3.34. The Kier molecular flexibility index (Phi) is 6.40. The van der Waals surface area contributed by atoms with Gasteiger partial charge in [0.1, 0.15) is 35.6 Å². The molecule has 8 rings (SSSR count). The van der Waals surface area contributed by atoms with E-state index >= 15 is 4.39 Å². The second-order valence-corrected chi connectivity index (χ2v) is 12.9. The number of nitrogens with zero attached hydrogens (tertiary/aromatic N) is 4. The molecule has 7 nitrogen and oxygen atoms in total. The molecule has 0 amide bonds. The number of fused-ring (bicyclic) bond motifs is 5. The van der Waals surface area contributed by atoms with Crippen LogP contribution in [-0.2, 0) is 0 Å². The van der Waals surface area contributed by atoms with Gasteiger partial charge in [0.2, 0.25) is 5.88 Å². The first-order chi connectivity index (χ1) is 20.8. The summed E-state index contributed by atoms with van der Waals surface area (Å²) in [6.07, 6.45) is 5.10. The van der Waals surface area contributed by atoms with Crippen LogP contribution in [-0.4, -0.2) is 76.6 Å². The fraction of sp³-hybridized carbons (Fsp3) is 0.438. The van der Waals surface area contributed by atoms with E-state index < -0.39 is 17.8 Å². The van der Waals surface area contributed by atoms with Crippen LogP contribution in [0, 0.1) is 11.6 Å². The van der Waals surface area contributed by atoms with Crippen molar-refractivity contribution in [2.45, 2.75) is 55.9 Å². The highest BCUT2D eigenvalue weighted by molar-refractivity contribution is 6.37. The van der Waals surface area contributed by atoms with E-state index in [-0.39, 0.29) is 51.0 Å². The van der Waals surface area contributed by atoms with Crippen LogP contribution in [0.5, 0.6) is 11.6 Å². The molecule has 2 bridgehead atoms. The zero-order valence-corrected chi connectivity index (χ0v) is 24.2. The van der Waals surface area contributed by atoms with Crippen molar-refractivity contribution >= 4 is 39.0 Å². The van der Waals surface area contributed by atoms with Crippen LogP contribution in [0.4, 0.5) is 18.9 Å². The number of phenols is 1. The second-order valence-electron chi connectivity index (χ2n) is 12.5. The lowest BCUT2D eigenvalue weighted by atomic mass is 9.95. The molecule has 0 unspecified atom stereocenters. The number of benzene rings is 2. The van der Waals surface area contributed by atoms with Gasteiger partial charge in [0.05, 0.1) is 16.2 Å². The molecule has 2 aromatic carbocycles. The number of rotatable bonds is 5. The summed E-state index contributed by atoms with van der Waals surface area (Å²) in [5, 5.41) is 15.1. The molecule has 2 aromatic heterocycles. The zero-order chi connectivity index (χ0) is 29.5. The minimum Gasteiger partial charge on any atom is -0.508 e. The summed E-state index contributed by atoms with van der Waals surface area (Å²) in [4.78, 5) is 13.5. The molecule has 0 spiro atoms. The van der Waals surface area contributed by atoms with Gasteiger partial charge in [0.15, 0.2) is 5.82 Å². The molecule has 4 aliphatic heterocycles. The number of anilines is 1. The predicted octanol–water partition coefficient (Wildman–Crippen LogP) is 5.98. The fourth-order valence-electron chi connectivity index (χ4n) is 7.85.